The van der Waals surface area contributed by atoms with Crippen LogP contribution in [0.15, 0.2) is 33.5 Å². The number of rotatable bonds is 4. The number of aromatic nitrogens is 2. The number of hydrogen-bond donors (Lipinski definition) is 2. The zero-order valence-corrected chi connectivity index (χ0v) is 14.4. The van der Waals surface area contributed by atoms with Crippen LogP contribution in [0.4, 0.5) is 0 Å². The maximum absolute atomic E-state index is 12.1. The van der Waals surface area contributed by atoms with Crippen molar-refractivity contribution in [2.24, 2.45) is 0 Å². The number of benzene rings is 1. The van der Waals surface area contributed by atoms with E-state index in [9.17, 15) is 9.59 Å². The van der Waals surface area contributed by atoms with Crippen molar-refractivity contribution in [3.63, 3.8) is 0 Å². The van der Waals surface area contributed by atoms with E-state index >= 15 is 0 Å². The van der Waals surface area contributed by atoms with Gasteiger partial charge in [0.05, 0.1) is 21.0 Å². The van der Waals surface area contributed by atoms with Crippen molar-refractivity contribution in [3.05, 3.63) is 55.1 Å². The molecule has 0 saturated heterocycles. The second kappa shape index (κ2) is 6.52. The minimum atomic E-state index is -1.14. The molecule has 0 bridgehead atoms. The second-order valence-corrected chi connectivity index (χ2v) is 7.18. The largest absolute Gasteiger partial charge is 0.478 e. The summed E-state index contributed by atoms with van der Waals surface area (Å²) in [5.41, 5.74) is 0.453. The van der Waals surface area contributed by atoms with Crippen LogP contribution < -0.4 is 5.56 Å². The number of carboxylic acid groups (broad SMARTS) is 1. The molecule has 2 aromatic heterocycles. The highest BCUT2D eigenvalue weighted by Gasteiger charge is 2.16. The van der Waals surface area contributed by atoms with Crippen molar-refractivity contribution in [1.29, 1.82) is 0 Å². The molecule has 2 heterocycles. The summed E-state index contributed by atoms with van der Waals surface area (Å²) in [7, 11) is 0. The zero-order chi connectivity index (χ0) is 16.6. The number of nitrogens with zero attached hydrogens (tertiary/aromatic N) is 1. The molecule has 3 aromatic rings. The Morgan fingerprint density at radius 2 is 2.13 bits per heavy atom. The van der Waals surface area contributed by atoms with Crippen molar-refractivity contribution in [2.45, 2.75) is 10.9 Å². The van der Waals surface area contributed by atoms with Crippen LogP contribution in [-0.4, -0.2) is 21.0 Å². The number of thiophene rings is 1. The number of hydrogen-bond acceptors (Lipinski definition) is 5. The number of aromatic carboxylic acids is 1. The standard InChI is InChI=1S/C14H8Cl2N2O3S2/c15-8-2-1-6(3-9(8)16)4-23-14-17-11(19)10-7(13(20)21)5-22-12(10)18-14/h1-3,5H,4H2,(H,20,21)(H,17,18,19). The first-order valence-corrected chi connectivity index (χ1v) is 8.89. The van der Waals surface area contributed by atoms with E-state index in [1.807, 2.05) is 6.07 Å². The van der Waals surface area contributed by atoms with Gasteiger partial charge in [-0.15, -0.1) is 11.3 Å². The van der Waals surface area contributed by atoms with Gasteiger partial charge in [-0.25, -0.2) is 9.78 Å². The topological polar surface area (TPSA) is 83.0 Å². The molecule has 0 aliphatic heterocycles. The molecule has 5 nitrogen and oxygen atoms in total. The van der Waals surface area contributed by atoms with Crippen LogP contribution in [0.2, 0.25) is 10.0 Å². The van der Waals surface area contributed by atoms with Crippen molar-refractivity contribution < 1.29 is 9.90 Å². The van der Waals surface area contributed by atoms with E-state index in [4.69, 9.17) is 28.3 Å². The molecule has 0 amide bonds. The smallest absolute Gasteiger partial charge is 0.337 e. The maximum Gasteiger partial charge on any atom is 0.337 e. The van der Waals surface area contributed by atoms with Crippen molar-refractivity contribution in [1.82, 2.24) is 9.97 Å². The Hall–Kier alpha value is -1.54. The summed E-state index contributed by atoms with van der Waals surface area (Å²) >= 11 is 14.3. The molecule has 0 fully saturated rings. The first-order chi connectivity index (χ1) is 11.0. The molecule has 0 unspecified atom stereocenters. The fourth-order valence-electron chi connectivity index (χ4n) is 1.94. The van der Waals surface area contributed by atoms with E-state index in [-0.39, 0.29) is 10.9 Å². The number of thioether (sulfide) groups is 1. The van der Waals surface area contributed by atoms with E-state index in [2.05, 4.69) is 9.97 Å². The highest BCUT2D eigenvalue weighted by molar-refractivity contribution is 7.98. The van der Waals surface area contributed by atoms with Gasteiger partial charge in [0.1, 0.15) is 4.83 Å². The summed E-state index contributed by atoms with van der Waals surface area (Å²) in [4.78, 5) is 30.5. The molecule has 3 rings (SSSR count). The lowest BCUT2D eigenvalue weighted by Crippen LogP contribution is -2.11. The summed E-state index contributed by atoms with van der Waals surface area (Å²) in [5, 5.41) is 12.0. The number of H-pyrrole nitrogens is 1. The molecule has 1 aromatic carbocycles. The Kier molecular flexibility index (Phi) is 4.63. The van der Waals surface area contributed by atoms with Gasteiger partial charge in [-0.05, 0) is 17.7 Å². The lowest BCUT2D eigenvalue weighted by molar-refractivity contribution is 0.0699. The summed E-state index contributed by atoms with van der Waals surface area (Å²) in [6.45, 7) is 0. The normalized spacial score (nSPS) is 11.0. The molecule has 0 spiro atoms. The number of carbonyl (C=O) groups is 1. The van der Waals surface area contributed by atoms with Gasteiger partial charge in [-0.3, -0.25) is 4.79 Å². The predicted molar refractivity (Wildman–Crippen MR) is 93.2 cm³/mol. The molecule has 2 N–H and O–H groups in total. The first kappa shape index (κ1) is 16.3. The fourth-order valence-corrected chi connectivity index (χ4v) is 4.03. The van der Waals surface area contributed by atoms with Crippen LogP contribution in [0.25, 0.3) is 10.2 Å². The Bertz CT molecular complexity index is 968. The summed E-state index contributed by atoms with van der Waals surface area (Å²) in [5.74, 6) is -0.595. The minimum Gasteiger partial charge on any atom is -0.478 e. The Balaban J connectivity index is 1.88. The van der Waals surface area contributed by atoms with Gasteiger partial charge in [-0.1, -0.05) is 41.0 Å². The maximum atomic E-state index is 12.1. The van der Waals surface area contributed by atoms with Gasteiger partial charge in [0.2, 0.25) is 0 Å². The van der Waals surface area contributed by atoms with Crippen molar-refractivity contribution in [3.8, 4) is 0 Å². The third-order valence-electron chi connectivity index (χ3n) is 3.01. The Labute approximate surface area is 148 Å². The predicted octanol–water partition coefficient (Wildman–Crippen LogP) is 4.28. The monoisotopic (exact) mass is 386 g/mol. The number of carboxylic acids is 1. The first-order valence-electron chi connectivity index (χ1n) is 6.27. The van der Waals surface area contributed by atoms with Crippen molar-refractivity contribution >= 4 is 62.5 Å². The minimum absolute atomic E-state index is 0.0280. The van der Waals surface area contributed by atoms with Crippen LogP contribution >= 0.6 is 46.3 Å². The number of aromatic amines is 1. The van der Waals surface area contributed by atoms with Gasteiger partial charge in [0.15, 0.2) is 5.16 Å². The SMILES string of the molecule is O=C(O)c1csc2nc(SCc3ccc(Cl)c(Cl)c3)[nH]c(=O)c12. The fraction of sp³-hybridized carbons (Fsp3) is 0.0714. The second-order valence-electron chi connectivity index (χ2n) is 4.54. The van der Waals surface area contributed by atoms with Crippen LogP contribution in [0.5, 0.6) is 0 Å². The van der Waals surface area contributed by atoms with E-state index in [1.165, 1.54) is 17.1 Å². The van der Waals surface area contributed by atoms with E-state index in [0.717, 1.165) is 16.9 Å². The number of fused-ring (bicyclic) bond motifs is 1. The molecule has 0 radical (unpaired) electrons. The summed E-state index contributed by atoms with van der Waals surface area (Å²) in [6, 6.07) is 5.30. The molecule has 0 aliphatic carbocycles. The van der Waals surface area contributed by atoms with Crippen LogP contribution in [0, 0.1) is 0 Å². The van der Waals surface area contributed by atoms with E-state index in [1.54, 1.807) is 12.1 Å². The van der Waals surface area contributed by atoms with Crippen molar-refractivity contribution in [2.75, 3.05) is 0 Å². The van der Waals surface area contributed by atoms with E-state index in [0.29, 0.717) is 25.8 Å². The molecule has 118 valence electrons. The van der Waals surface area contributed by atoms with Gasteiger partial charge >= 0.3 is 5.97 Å². The van der Waals surface area contributed by atoms with Crippen LogP contribution in [-0.2, 0) is 5.75 Å². The van der Waals surface area contributed by atoms with Gasteiger partial charge < -0.3 is 10.1 Å². The quantitative estimate of drug-likeness (QED) is 0.516. The number of halogens is 2. The van der Waals surface area contributed by atoms with Gasteiger partial charge in [-0.2, -0.15) is 0 Å². The summed E-state index contributed by atoms with van der Waals surface area (Å²) in [6.07, 6.45) is 0. The third-order valence-corrected chi connectivity index (χ3v) is 5.57. The highest BCUT2D eigenvalue weighted by Crippen LogP contribution is 2.27. The third kappa shape index (κ3) is 3.37. The molecule has 9 heteroatoms. The highest BCUT2D eigenvalue weighted by atomic mass is 35.5. The van der Waals surface area contributed by atoms with Crippen LogP contribution in [0.3, 0.4) is 0 Å². The molecular weight excluding hydrogens is 379 g/mol. The van der Waals surface area contributed by atoms with Crippen LogP contribution in [0.1, 0.15) is 15.9 Å². The molecule has 0 saturated carbocycles. The molecule has 0 atom stereocenters. The Morgan fingerprint density at radius 1 is 1.35 bits per heavy atom. The lowest BCUT2D eigenvalue weighted by Gasteiger charge is -2.03. The Morgan fingerprint density at radius 3 is 2.83 bits per heavy atom. The summed E-state index contributed by atoms with van der Waals surface area (Å²) < 4.78 is 0. The zero-order valence-electron chi connectivity index (χ0n) is 11.3. The molecule has 0 aliphatic rings. The molecular formula is C14H8Cl2N2O3S2. The average molecular weight is 387 g/mol. The molecule has 23 heavy (non-hydrogen) atoms. The van der Waals surface area contributed by atoms with Gasteiger partial charge in [0, 0.05) is 11.1 Å². The van der Waals surface area contributed by atoms with E-state index < -0.39 is 11.5 Å². The lowest BCUT2D eigenvalue weighted by atomic mass is 10.2. The van der Waals surface area contributed by atoms with Gasteiger partial charge in [0.25, 0.3) is 5.56 Å². The average Bonchev–Trinajstić information content (AvgIpc) is 2.93. The number of nitrogens with one attached hydrogen (secondary N) is 1.